The minimum Gasteiger partial charge on any atom is -0.470 e. The van der Waals surface area contributed by atoms with Gasteiger partial charge in [0.05, 0.1) is 27.9 Å². The summed E-state index contributed by atoms with van der Waals surface area (Å²) < 4.78 is 5.94. The second kappa shape index (κ2) is 9.18. The number of hydrogen-bond acceptors (Lipinski definition) is 6. The molecule has 164 valence electrons. The standard InChI is InChI=1S/C27H18ClN5O/c28-22-14-21(13-20-7-4-12-31-23(20)22)25-24(19-5-2-1-3-6-19)32-26(30)27(33-25)34-16-18-10-8-17(15-29)9-11-18/h1-14H,16H2,(H2,30,32). The third kappa shape index (κ3) is 4.25. The van der Waals surface area contributed by atoms with Crippen molar-refractivity contribution in [1.82, 2.24) is 15.0 Å². The largest absolute Gasteiger partial charge is 0.470 e. The van der Waals surface area contributed by atoms with Crippen LogP contribution in [0.5, 0.6) is 5.88 Å². The normalized spacial score (nSPS) is 10.7. The number of anilines is 1. The van der Waals surface area contributed by atoms with Crippen molar-refractivity contribution >= 4 is 28.3 Å². The summed E-state index contributed by atoms with van der Waals surface area (Å²) >= 11 is 6.56. The van der Waals surface area contributed by atoms with Crippen LogP contribution in [0.2, 0.25) is 5.02 Å². The zero-order chi connectivity index (χ0) is 23.5. The van der Waals surface area contributed by atoms with E-state index in [-0.39, 0.29) is 18.3 Å². The third-order valence-corrected chi connectivity index (χ3v) is 5.61. The number of nitriles is 1. The molecule has 0 atom stereocenters. The summed E-state index contributed by atoms with van der Waals surface area (Å²) in [5.41, 5.74) is 11.3. The Balaban J connectivity index is 1.60. The molecule has 2 N–H and O–H groups in total. The van der Waals surface area contributed by atoms with Gasteiger partial charge < -0.3 is 10.5 Å². The average Bonchev–Trinajstić information content (AvgIpc) is 2.88. The summed E-state index contributed by atoms with van der Waals surface area (Å²) in [5.74, 6) is 0.409. The number of hydrogen-bond donors (Lipinski definition) is 1. The van der Waals surface area contributed by atoms with E-state index in [1.54, 1.807) is 18.3 Å². The van der Waals surface area contributed by atoms with E-state index < -0.39 is 0 Å². The van der Waals surface area contributed by atoms with Crippen LogP contribution in [0.3, 0.4) is 0 Å². The molecule has 0 aliphatic heterocycles. The summed E-state index contributed by atoms with van der Waals surface area (Å²) in [5, 5.41) is 10.4. The van der Waals surface area contributed by atoms with Crippen LogP contribution in [0.15, 0.2) is 85.1 Å². The van der Waals surface area contributed by atoms with E-state index >= 15 is 0 Å². The van der Waals surface area contributed by atoms with Gasteiger partial charge in [-0.3, -0.25) is 4.98 Å². The van der Waals surface area contributed by atoms with Crippen LogP contribution in [-0.4, -0.2) is 15.0 Å². The van der Waals surface area contributed by atoms with Gasteiger partial charge in [0.1, 0.15) is 12.3 Å². The maximum absolute atomic E-state index is 8.99. The van der Waals surface area contributed by atoms with Gasteiger partial charge in [-0.05, 0) is 35.9 Å². The molecule has 0 fully saturated rings. The molecule has 5 aromatic rings. The van der Waals surface area contributed by atoms with Gasteiger partial charge >= 0.3 is 0 Å². The second-order valence-corrected chi connectivity index (χ2v) is 8.02. The molecule has 0 saturated carbocycles. The Morgan fingerprint density at radius 2 is 1.65 bits per heavy atom. The molecular formula is C27H18ClN5O. The fourth-order valence-electron chi connectivity index (χ4n) is 3.65. The Hall–Kier alpha value is -4.47. The molecule has 3 aromatic carbocycles. The smallest absolute Gasteiger partial charge is 0.258 e. The Kier molecular flexibility index (Phi) is 5.77. The SMILES string of the molecule is N#Cc1ccc(COc2nc(-c3cc(Cl)c4ncccc4c3)c(-c3ccccc3)nc2N)cc1. The van der Waals surface area contributed by atoms with Crippen LogP contribution in [0.25, 0.3) is 33.4 Å². The molecule has 0 radical (unpaired) electrons. The average molecular weight is 464 g/mol. The van der Waals surface area contributed by atoms with E-state index in [0.717, 1.165) is 27.6 Å². The van der Waals surface area contributed by atoms with Crippen LogP contribution >= 0.6 is 11.6 Å². The number of rotatable bonds is 5. The minimum atomic E-state index is 0.185. The fraction of sp³-hybridized carbons (Fsp3) is 0.0370. The van der Waals surface area contributed by atoms with Crippen molar-refractivity contribution in [2.75, 3.05) is 5.73 Å². The molecule has 34 heavy (non-hydrogen) atoms. The van der Waals surface area contributed by atoms with Gasteiger partial charge in [-0.2, -0.15) is 5.26 Å². The van der Waals surface area contributed by atoms with Crippen molar-refractivity contribution in [2.45, 2.75) is 6.61 Å². The van der Waals surface area contributed by atoms with Crippen LogP contribution < -0.4 is 10.5 Å². The van der Waals surface area contributed by atoms with E-state index in [1.165, 1.54) is 0 Å². The van der Waals surface area contributed by atoms with Gasteiger partial charge in [0.15, 0.2) is 5.82 Å². The van der Waals surface area contributed by atoms with E-state index in [0.29, 0.717) is 22.0 Å². The zero-order valence-electron chi connectivity index (χ0n) is 17.9. The van der Waals surface area contributed by atoms with Gasteiger partial charge in [-0.15, -0.1) is 0 Å². The molecule has 0 bridgehead atoms. The molecule has 5 rings (SSSR count). The number of ether oxygens (including phenoxy) is 1. The molecule has 0 unspecified atom stereocenters. The number of halogens is 1. The molecule has 2 aromatic heterocycles. The molecule has 7 heteroatoms. The number of fused-ring (bicyclic) bond motifs is 1. The number of nitrogens with two attached hydrogens (primary N) is 1. The topological polar surface area (TPSA) is 97.7 Å². The zero-order valence-corrected chi connectivity index (χ0v) is 18.7. The molecule has 0 saturated heterocycles. The second-order valence-electron chi connectivity index (χ2n) is 7.61. The van der Waals surface area contributed by atoms with E-state index in [2.05, 4.69) is 16.0 Å². The summed E-state index contributed by atoms with van der Waals surface area (Å²) in [7, 11) is 0. The van der Waals surface area contributed by atoms with Crippen molar-refractivity contribution < 1.29 is 4.74 Å². The van der Waals surface area contributed by atoms with Crippen molar-refractivity contribution in [1.29, 1.82) is 5.26 Å². The Labute approximate surface area is 201 Å². The van der Waals surface area contributed by atoms with E-state index in [9.17, 15) is 0 Å². The minimum absolute atomic E-state index is 0.185. The molecule has 6 nitrogen and oxygen atoms in total. The van der Waals surface area contributed by atoms with E-state index in [4.69, 9.17) is 32.3 Å². The number of aromatic nitrogens is 3. The lowest BCUT2D eigenvalue weighted by molar-refractivity contribution is 0.295. The number of nitrogen functional groups attached to an aromatic ring is 1. The van der Waals surface area contributed by atoms with Crippen molar-refractivity contribution in [2.24, 2.45) is 0 Å². The van der Waals surface area contributed by atoms with Gasteiger partial charge in [0, 0.05) is 22.7 Å². The number of nitrogens with zero attached hydrogens (tertiary/aromatic N) is 4. The maximum Gasteiger partial charge on any atom is 0.258 e. The highest BCUT2D eigenvalue weighted by Crippen LogP contribution is 2.36. The lowest BCUT2D eigenvalue weighted by Gasteiger charge is -2.14. The van der Waals surface area contributed by atoms with E-state index in [1.807, 2.05) is 66.7 Å². The van der Waals surface area contributed by atoms with Crippen molar-refractivity contribution in [3.8, 4) is 34.5 Å². The Bertz CT molecular complexity index is 1530. The van der Waals surface area contributed by atoms with Crippen LogP contribution in [-0.2, 0) is 6.61 Å². The van der Waals surface area contributed by atoms with Crippen LogP contribution in [0.4, 0.5) is 5.82 Å². The molecular weight excluding hydrogens is 446 g/mol. The monoisotopic (exact) mass is 463 g/mol. The lowest BCUT2D eigenvalue weighted by Crippen LogP contribution is -2.06. The van der Waals surface area contributed by atoms with Crippen molar-refractivity contribution in [3.63, 3.8) is 0 Å². The first-order valence-corrected chi connectivity index (χ1v) is 10.9. The number of benzene rings is 3. The van der Waals surface area contributed by atoms with Crippen molar-refractivity contribution in [3.05, 3.63) is 101 Å². The first-order chi connectivity index (χ1) is 16.6. The molecule has 2 heterocycles. The van der Waals surface area contributed by atoms with Crippen LogP contribution in [0.1, 0.15) is 11.1 Å². The predicted molar refractivity (Wildman–Crippen MR) is 133 cm³/mol. The molecule has 0 spiro atoms. The lowest BCUT2D eigenvalue weighted by atomic mass is 10.0. The highest BCUT2D eigenvalue weighted by atomic mass is 35.5. The quantitative estimate of drug-likeness (QED) is 0.341. The maximum atomic E-state index is 8.99. The predicted octanol–water partition coefficient (Wildman–Crippen LogP) is 6.05. The Morgan fingerprint density at radius 1 is 0.882 bits per heavy atom. The highest BCUT2D eigenvalue weighted by Gasteiger charge is 2.18. The third-order valence-electron chi connectivity index (χ3n) is 5.33. The summed E-state index contributed by atoms with van der Waals surface area (Å²) in [6, 6.07) is 26.6. The summed E-state index contributed by atoms with van der Waals surface area (Å²) in [4.78, 5) is 13.8. The first-order valence-electron chi connectivity index (χ1n) is 10.5. The first kappa shape index (κ1) is 21.4. The fourth-order valence-corrected chi connectivity index (χ4v) is 3.92. The van der Waals surface area contributed by atoms with Gasteiger partial charge in [0.25, 0.3) is 5.88 Å². The molecule has 0 amide bonds. The summed E-state index contributed by atoms with van der Waals surface area (Å²) in [6.07, 6.45) is 1.71. The van der Waals surface area contributed by atoms with Gasteiger partial charge in [-0.25, -0.2) is 9.97 Å². The van der Waals surface area contributed by atoms with Gasteiger partial charge in [0.2, 0.25) is 0 Å². The van der Waals surface area contributed by atoms with Gasteiger partial charge in [-0.1, -0.05) is 60.1 Å². The molecule has 0 aliphatic rings. The summed E-state index contributed by atoms with van der Waals surface area (Å²) in [6.45, 7) is 0.233. The Morgan fingerprint density at radius 3 is 2.41 bits per heavy atom. The number of pyridine rings is 1. The highest BCUT2D eigenvalue weighted by molar-refractivity contribution is 6.35. The van der Waals surface area contributed by atoms with Crippen LogP contribution in [0, 0.1) is 11.3 Å². The molecule has 0 aliphatic carbocycles.